The van der Waals surface area contributed by atoms with E-state index in [2.05, 4.69) is 6.07 Å². The molecule has 4 heteroatoms. The van der Waals surface area contributed by atoms with Crippen LogP contribution in [0.5, 0.6) is 17.2 Å². The predicted molar refractivity (Wildman–Crippen MR) is 55.4 cm³/mol. The highest BCUT2D eigenvalue weighted by Crippen LogP contribution is 2.37. The maximum Gasteiger partial charge on any atom is 0.168 e. The van der Waals surface area contributed by atoms with Crippen LogP contribution >= 0.6 is 0 Å². The second kappa shape index (κ2) is 5.11. The third-order valence-electron chi connectivity index (χ3n) is 2.08. The maximum absolute atomic E-state index is 8.72. The second-order valence-corrected chi connectivity index (χ2v) is 2.82. The minimum absolute atomic E-state index is 0.226. The highest BCUT2D eigenvalue weighted by atomic mass is 16.5. The number of methoxy groups -OCH3 is 3. The van der Waals surface area contributed by atoms with Gasteiger partial charge in [-0.3, -0.25) is 0 Å². The van der Waals surface area contributed by atoms with E-state index in [1.165, 1.54) is 7.11 Å². The molecule has 15 heavy (non-hydrogen) atoms. The maximum atomic E-state index is 8.72. The molecule has 0 aliphatic carbocycles. The van der Waals surface area contributed by atoms with Crippen molar-refractivity contribution in [3.05, 3.63) is 17.7 Å². The molecule has 0 spiro atoms. The first-order valence-electron chi connectivity index (χ1n) is 4.43. The van der Waals surface area contributed by atoms with Crippen LogP contribution in [-0.4, -0.2) is 21.3 Å². The molecule has 0 aromatic heterocycles. The molecule has 0 bridgehead atoms. The number of nitriles is 1. The van der Waals surface area contributed by atoms with Crippen LogP contribution in [0.15, 0.2) is 12.1 Å². The summed E-state index contributed by atoms with van der Waals surface area (Å²) in [7, 11) is 4.65. The summed E-state index contributed by atoms with van der Waals surface area (Å²) >= 11 is 0. The van der Waals surface area contributed by atoms with E-state index in [1.807, 2.05) is 0 Å². The Hall–Kier alpha value is -1.89. The van der Waals surface area contributed by atoms with Gasteiger partial charge in [-0.1, -0.05) is 0 Å². The van der Waals surface area contributed by atoms with Gasteiger partial charge in [0.15, 0.2) is 11.5 Å². The lowest BCUT2D eigenvalue weighted by Gasteiger charge is -2.14. The molecule has 0 aliphatic heterocycles. The zero-order valence-electron chi connectivity index (χ0n) is 9.03. The Balaban J connectivity index is 3.31. The van der Waals surface area contributed by atoms with Crippen LogP contribution in [0.4, 0.5) is 0 Å². The molecule has 0 radical (unpaired) electrons. The normalized spacial score (nSPS) is 9.20. The largest absolute Gasteiger partial charge is 0.496 e. The van der Waals surface area contributed by atoms with E-state index in [9.17, 15) is 0 Å². The lowest BCUT2D eigenvalue weighted by atomic mass is 10.1. The van der Waals surface area contributed by atoms with Gasteiger partial charge in [-0.15, -0.1) is 0 Å². The fourth-order valence-electron chi connectivity index (χ4n) is 1.41. The smallest absolute Gasteiger partial charge is 0.168 e. The van der Waals surface area contributed by atoms with Gasteiger partial charge >= 0.3 is 0 Å². The Morgan fingerprint density at radius 1 is 1.07 bits per heavy atom. The van der Waals surface area contributed by atoms with Crippen molar-refractivity contribution in [3.63, 3.8) is 0 Å². The molecule has 1 aromatic rings. The Morgan fingerprint density at radius 2 is 1.67 bits per heavy atom. The zero-order chi connectivity index (χ0) is 11.3. The third kappa shape index (κ3) is 2.13. The van der Waals surface area contributed by atoms with Crippen LogP contribution in [0.2, 0.25) is 0 Å². The molecule has 0 heterocycles. The highest BCUT2D eigenvalue weighted by Gasteiger charge is 2.14. The molecule has 0 atom stereocenters. The topological polar surface area (TPSA) is 51.5 Å². The van der Waals surface area contributed by atoms with Gasteiger partial charge in [0, 0.05) is 0 Å². The van der Waals surface area contributed by atoms with Crippen molar-refractivity contribution in [2.75, 3.05) is 21.3 Å². The molecular formula is C11H13NO3. The van der Waals surface area contributed by atoms with Crippen LogP contribution in [-0.2, 0) is 6.42 Å². The summed E-state index contributed by atoms with van der Waals surface area (Å²) in [5.41, 5.74) is 0.710. The van der Waals surface area contributed by atoms with Gasteiger partial charge in [0.25, 0.3) is 0 Å². The van der Waals surface area contributed by atoms with Crippen LogP contribution in [0.1, 0.15) is 5.56 Å². The van der Waals surface area contributed by atoms with Crippen LogP contribution in [0.3, 0.4) is 0 Å². The summed E-state index contributed by atoms with van der Waals surface area (Å²) < 4.78 is 15.5. The molecule has 80 valence electrons. The predicted octanol–water partition coefficient (Wildman–Crippen LogP) is 1.78. The quantitative estimate of drug-likeness (QED) is 0.755. The average molecular weight is 207 g/mol. The number of rotatable bonds is 4. The monoisotopic (exact) mass is 207 g/mol. The molecule has 0 unspecified atom stereocenters. The summed E-state index contributed by atoms with van der Waals surface area (Å²) in [4.78, 5) is 0. The van der Waals surface area contributed by atoms with Gasteiger partial charge in [0.1, 0.15) is 5.75 Å². The zero-order valence-corrected chi connectivity index (χ0v) is 9.03. The van der Waals surface area contributed by atoms with E-state index in [0.717, 1.165) is 0 Å². The lowest BCUT2D eigenvalue weighted by molar-refractivity contribution is 0.345. The minimum Gasteiger partial charge on any atom is -0.496 e. The Morgan fingerprint density at radius 3 is 2.13 bits per heavy atom. The first kappa shape index (κ1) is 11.2. The SMILES string of the molecule is COc1ccc(OC)c(OC)c1CC#N. The fraction of sp³-hybridized carbons (Fsp3) is 0.364. The highest BCUT2D eigenvalue weighted by molar-refractivity contribution is 5.54. The summed E-state index contributed by atoms with van der Waals surface area (Å²) in [5.74, 6) is 1.79. The van der Waals surface area contributed by atoms with Crippen molar-refractivity contribution < 1.29 is 14.2 Å². The summed E-state index contributed by atoms with van der Waals surface area (Å²) in [5, 5.41) is 8.72. The van der Waals surface area contributed by atoms with Crippen LogP contribution < -0.4 is 14.2 Å². The van der Waals surface area contributed by atoms with E-state index in [4.69, 9.17) is 19.5 Å². The summed E-state index contributed by atoms with van der Waals surface area (Å²) in [6.07, 6.45) is 0.226. The molecule has 0 saturated carbocycles. The number of benzene rings is 1. The van der Waals surface area contributed by atoms with Crippen molar-refractivity contribution in [1.82, 2.24) is 0 Å². The van der Waals surface area contributed by atoms with E-state index in [0.29, 0.717) is 22.8 Å². The van der Waals surface area contributed by atoms with Crippen LogP contribution in [0.25, 0.3) is 0 Å². The van der Waals surface area contributed by atoms with Crippen LogP contribution in [0, 0.1) is 11.3 Å². The number of nitrogens with zero attached hydrogens (tertiary/aromatic N) is 1. The molecular weight excluding hydrogens is 194 g/mol. The molecule has 0 fully saturated rings. The van der Waals surface area contributed by atoms with E-state index in [-0.39, 0.29) is 6.42 Å². The summed E-state index contributed by atoms with van der Waals surface area (Å²) in [6, 6.07) is 5.58. The first-order chi connectivity index (χ1) is 7.28. The molecule has 0 amide bonds. The second-order valence-electron chi connectivity index (χ2n) is 2.82. The van der Waals surface area contributed by atoms with E-state index >= 15 is 0 Å². The van der Waals surface area contributed by atoms with Crippen molar-refractivity contribution in [3.8, 4) is 23.3 Å². The molecule has 1 aromatic carbocycles. The number of ether oxygens (including phenoxy) is 3. The Kier molecular flexibility index (Phi) is 3.81. The van der Waals surface area contributed by atoms with Crippen molar-refractivity contribution in [1.29, 1.82) is 5.26 Å². The van der Waals surface area contributed by atoms with Gasteiger partial charge < -0.3 is 14.2 Å². The van der Waals surface area contributed by atoms with Gasteiger partial charge in [-0.2, -0.15) is 5.26 Å². The summed E-state index contributed by atoms with van der Waals surface area (Å²) in [6.45, 7) is 0. The Labute approximate surface area is 89.0 Å². The van der Waals surface area contributed by atoms with Gasteiger partial charge in [0.05, 0.1) is 39.4 Å². The van der Waals surface area contributed by atoms with Gasteiger partial charge in [-0.25, -0.2) is 0 Å². The number of hydrogen-bond acceptors (Lipinski definition) is 4. The molecule has 0 saturated heterocycles. The van der Waals surface area contributed by atoms with Gasteiger partial charge in [0.2, 0.25) is 0 Å². The Bertz CT molecular complexity index is 382. The number of hydrogen-bond donors (Lipinski definition) is 0. The van der Waals surface area contributed by atoms with Gasteiger partial charge in [-0.05, 0) is 12.1 Å². The minimum atomic E-state index is 0.226. The van der Waals surface area contributed by atoms with Crippen molar-refractivity contribution in [2.24, 2.45) is 0 Å². The fourth-order valence-corrected chi connectivity index (χ4v) is 1.41. The molecule has 0 aliphatic rings. The lowest BCUT2D eigenvalue weighted by Crippen LogP contribution is -1.98. The van der Waals surface area contributed by atoms with E-state index in [1.54, 1.807) is 26.4 Å². The third-order valence-corrected chi connectivity index (χ3v) is 2.08. The van der Waals surface area contributed by atoms with Crippen molar-refractivity contribution >= 4 is 0 Å². The van der Waals surface area contributed by atoms with Crippen molar-refractivity contribution in [2.45, 2.75) is 6.42 Å². The molecule has 1 rings (SSSR count). The first-order valence-corrected chi connectivity index (χ1v) is 4.43. The molecule has 0 N–H and O–H groups in total. The molecule has 4 nitrogen and oxygen atoms in total. The standard InChI is InChI=1S/C11H13NO3/c1-13-9-4-5-10(14-2)11(15-3)8(9)6-7-12/h4-5H,6H2,1-3H3. The van der Waals surface area contributed by atoms with E-state index < -0.39 is 0 Å². The average Bonchev–Trinajstić information content (AvgIpc) is 2.28.